The summed E-state index contributed by atoms with van der Waals surface area (Å²) in [5.41, 5.74) is 0.825. The highest BCUT2D eigenvalue weighted by Crippen LogP contribution is 2.26. The van der Waals surface area contributed by atoms with Gasteiger partial charge in [-0.05, 0) is 30.2 Å². The lowest BCUT2D eigenvalue weighted by molar-refractivity contribution is -0.274. The summed E-state index contributed by atoms with van der Waals surface area (Å²) < 4.78 is 72.2. The highest BCUT2D eigenvalue weighted by Gasteiger charge is 2.31. The Labute approximate surface area is 150 Å². The van der Waals surface area contributed by atoms with E-state index in [1.807, 2.05) is 12.1 Å². The quantitative estimate of drug-likeness (QED) is 0.728. The number of likely N-dealkylation sites (N-methyl/N-ethyl adjacent to an activating group) is 1. The first-order valence-corrected chi connectivity index (χ1v) is 9.01. The van der Waals surface area contributed by atoms with Crippen LogP contribution < -0.4 is 9.47 Å². The fourth-order valence-electron chi connectivity index (χ4n) is 2.32. The summed E-state index contributed by atoms with van der Waals surface area (Å²) >= 11 is 0. The summed E-state index contributed by atoms with van der Waals surface area (Å²) in [6.45, 7) is 0.132. The third-order valence-corrected chi connectivity index (χ3v) is 5.49. The van der Waals surface area contributed by atoms with Crippen molar-refractivity contribution in [1.29, 1.82) is 0 Å². The average molecular weight is 389 g/mol. The van der Waals surface area contributed by atoms with E-state index in [1.165, 1.54) is 26.3 Å². The van der Waals surface area contributed by atoms with E-state index < -0.39 is 22.1 Å². The van der Waals surface area contributed by atoms with Crippen LogP contribution in [0.4, 0.5) is 13.2 Å². The molecular formula is C17H18F3NO4S. The standard InChI is InChI=1S/C17H18F3NO4S/c1-21(11-10-13-6-3-4-9-16(13)24-2)26(22,23)15-8-5-7-14(12-15)25-17(18,19)20/h3-9,12H,10-11H2,1-2H3. The molecule has 26 heavy (non-hydrogen) atoms. The minimum absolute atomic E-state index is 0.132. The molecule has 0 heterocycles. The molecule has 2 aromatic rings. The van der Waals surface area contributed by atoms with E-state index in [9.17, 15) is 21.6 Å². The van der Waals surface area contributed by atoms with Crippen LogP contribution in [0, 0.1) is 0 Å². The lowest BCUT2D eigenvalue weighted by atomic mass is 10.1. The molecule has 0 bridgehead atoms. The van der Waals surface area contributed by atoms with Gasteiger partial charge >= 0.3 is 6.36 Å². The zero-order valence-corrected chi connectivity index (χ0v) is 15.0. The SMILES string of the molecule is COc1ccccc1CCN(C)S(=O)(=O)c1cccc(OC(F)(F)F)c1. The van der Waals surface area contributed by atoms with Gasteiger partial charge in [-0.1, -0.05) is 24.3 Å². The number of hydrogen-bond donors (Lipinski definition) is 0. The van der Waals surface area contributed by atoms with Gasteiger partial charge in [0.25, 0.3) is 0 Å². The molecule has 0 spiro atoms. The molecule has 0 aliphatic rings. The molecule has 0 fully saturated rings. The third-order valence-electron chi connectivity index (χ3n) is 3.64. The fourth-order valence-corrected chi connectivity index (χ4v) is 3.53. The second kappa shape index (κ2) is 7.96. The zero-order chi connectivity index (χ0) is 19.4. The molecule has 0 aliphatic heterocycles. The number of nitrogens with zero attached hydrogens (tertiary/aromatic N) is 1. The molecule has 2 rings (SSSR count). The maximum absolute atomic E-state index is 12.6. The second-order valence-electron chi connectivity index (χ2n) is 5.41. The summed E-state index contributed by atoms with van der Waals surface area (Å²) in [6.07, 6.45) is -4.50. The predicted molar refractivity (Wildman–Crippen MR) is 89.6 cm³/mol. The third kappa shape index (κ3) is 5.12. The molecule has 0 aliphatic carbocycles. The number of hydrogen-bond acceptors (Lipinski definition) is 4. The Morgan fingerprint density at radius 3 is 2.42 bits per heavy atom. The highest BCUT2D eigenvalue weighted by molar-refractivity contribution is 7.89. The smallest absolute Gasteiger partial charge is 0.496 e. The maximum atomic E-state index is 12.6. The highest BCUT2D eigenvalue weighted by atomic mass is 32.2. The molecule has 0 N–H and O–H groups in total. The van der Waals surface area contributed by atoms with Crippen LogP contribution >= 0.6 is 0 Å². The van der Waals surface area contributed by atoms with Crippen LogP contribution in [0.1, 0.15) is 5.56 Å². The van der Waals surface area contributed by atoms with Gasteiger partial charge in [-0.2, -0.15) is 0 Å². The van der Waals surface area contributed by atoms with E-state index in [-0.39, 0.29) is 11.4 Å². The lowest BCUT2D eigenvalue weighted by Gasteiger charge is -2.18. The molecule has 0 atom stereocenters. The van der Waals surface area contributed by atoms with Crippen molar-refractivity contribution in [2.45, 2.75) is 17.7 Å². The first kappa shape index (κ1) is 20.1. The average Bonchev–Trinajstić information content (AvgIpc) is 2.58. The maximum Gasteiger partial charge on any atom is 0.573 e. The molecule has 0 amide bonds. The zero-order valence-electron chi connectivity index (χ0n) is 14.2. The molecule has 0 saturated carbocycles. The number of ether oxygens (including phenoxy) is 2. The van der Waals surface area contributed by atoms with Crippen LogP contribution in [-0.2, 0) is 16.4 Å². The Kier molecular flexibility index (Phi) is 6.14. The summed E-state index contributed by atoms with van der Waals surface area (Å²) in [5.74, 6) is 0.0515. The van der Waals surface area contributed by atoms with Crippen molar-refractivity contribution >= 4 is 10.0 Å². The number of halogens is 3. The monoisotopic (exact) mass is 389 g/mol. The van der Waals surface area contributed by atoms with Gasteiger partial charge in [0.2, 0.25) is 10.0 Å². The van der Waals surface area contributed by atoms with E-state index in [4.69, 9.17) is 4.74 Å². The van der Waals surface area contributed by atoms with Crippen LogP contribution in [0.2, 0.25) is 0 Å². The summed E-state index contributed by atoms with van der Waals surface area (Å²) in [6, 6.07) is 11.5. The van der Waals surface area contributed by atoms with Gasteiger partial charge in [0.15, 0.2) is 0 Å². The Hall–Kier alpha value is -2.26. The minimum atomic E-state index is -4.89. The summed E-state index contributed by atoms with van der Waals surface area (Å²) in [7, 11) is -1.08. The molecule has 0 unspecified atom stereocenters. The van der Waals surface area contributed by atoms with Gasteiger partial charge in [-0.3, -0.25) is 0 Å². The fraction of sp³-hybridized carbons (Fsp3) is 0.294. The van der Waals surface area contributed by atoms with Gasteiger partial charge in [0, 0.05) is 19.7 Å². The summed E-state index contributed by atoms with van der Waals surface area (Å²) in [5, 5.41) is 0. The summed E-state index contributed by atoms with van der Waals surface area (Å²) in [4.78, 5) is -0.276. The lowest BCUT2D eigenvalue weighted by Crippen LogP contribution is -2.29. The number of alkyl halides is 3. The Bertz CT molecular complexity index is 853. The molecule has 5 nitrogen and oxygen atoms in total. The minimum Gasteiger partial charge on any atom is -0.496 e. The van der Waals surface area contributed by atoms with Crippen LogP contribution in [0.15, 0.2) is 53.4 Å². The van der Waals surface area contributed by atoms with Gasteiger partial charge in [-0.15, -0.1) is 13.2 Å². The molecule has 2 aromatic carbocycles. The molecule has 9 heteroatoms. The van der Waals surface area contributed by atoms with Crippen LogP contribution in [-0.4, -0.2) is 39.8 Å². The van der Waals surface area contributed by atoms with Crippen molar-refractivity contribution in [3.05, 3.63) is 54.1 Å². The van der Waals surface area contributed by atoms with Gasteiger partial charge < -0.3 is 9.47 Å². The number of benzene rings is 2. The number of methoxy groups -OCH3 is 1. The van der Waals surface area contributed by atoms with E-state index in [0.29, 0.717) is 12.2 Å². The van der Waals surface area contributed by atoms with Gasteiger partial charge in [0.1, 0.15) is 11.5 Å². The second-order valence-corrected chi connectivity index (χ2v) is 7.46. The van der Waals surface area contributed by atoms with Crippen molar-refractivity contribution < 1.29 is 31.1 Å². The largest absolute Gasteiger partial charge is 0.573 e. The van der Waals surface area contributed by atoms with E-state index in [0.717, 1.165) is 22.0 Å². The van der Waals surface area contributed by atoms with Crippen molar-refractivity contribution in [2.24, 2.45) is 0 Å². The Morgan fingerprint density at radius 1 is 1.08 bits per heavy atom. The van der Waals surface area contributed by atoms with Crippen LogP contribution in [0.25, 0.3) is 0 Å². The normalized spacial score (nSPS) is 12.2. The number of sulfonamides is 1. The van der Waals surface area contributed by atoms with Crippen molar-refractivity contribution in [2.75, 3.05) is 20.7 Å². The Balaban J connectivity index is 2.15. The first-order valence-electron chi connectivity index (χ1n) is 7.57. The molecule has 142 valence electrons. The Morgan fingerprint density at radius 2 is 1.77 bits per heavy atom. The molecule has 0 saturated heterocycles. The van der Waals surface area contributed by atoms with Crippen LogP contribution in [0.3, 0.4) is 0 Å². The van der Waals surface area contributed by atoms with Gasteiger partial charge in [0.05, 0.1) is 12.0 Å². The van der Waals surface area contributed by atoms with Crippen LogP contribution in [0.5, 0.6) is 11.5 Å². The first-order chi connectivity index (χ1) is 12.1. The molecule has 0 radical (unpaired) electrons. The van der Waals surface area contributed by atoms with Gasteiger partial charge in [-0.25, -0.2) is 12.7 Å². The van der Waals surface area contributed by atoms with E-state index >= 15 is 0 Å². The van der Waals surface area contributed by atoms with Crippen molar-refractivity contribution in [1.82, 2.24) is 4.31 Å². The topological polar surface area (TPSA) is 55.8 Å². The molecule has 0 aromatic heterocycles. The van der Waals surface area contributed by atoms with Crippen molar-refractivity contribution in [3.8, 4) is 11.5 Å². The number of rotatable bonds is 7. The number of para-hydroxylation sites is 1. The molecular weight excluding hydrogens is 371 g/mol. The van der Waals surface area contributed by atoms with Crippen molar-refractivity contribution in [3.63, 3.8) is 0 Å². The van der Waals surface area contributed by atoms with E-state index in [1.54, 1.807) is 12.1 Å². The van der Waals surface area contributed by atoms with E-state index in [2.05, 4.69) is 4.74 Å². The predicted octanol–water partition coefficient (Wildman–Crippen LogP) is 3.46.